The van der Waals surface area contributed by atoms with Crippen LogP contribution < -0.4 is 10.1 Å². The molecule has 130 valence electrons. The van der Waals surface area contributed by atoms with Crippen molar-refractivity contribution in [2.45, 2.75) is 41.9 Å². The molecular weight excluding hydrogens is 344 g/mol. The van der Waals surface area contributed by atoms with Crippen LogP contribution in [0.3, 0.4) is 0 Å². The minimum atomic E-state index is -4.88. The molecule has 0 amide bonds. The fraction of sp³-hybridized carbons (Fsp3) is 0.571. The summed E-state index contributed by atoms with van der Waals surface area (Å²) in [5.41, 5.74) is -5.79. The Kier molecular flexibility index (Phi) is 5.40. The number of methoxy groups -OCH3 is 1. The third-order valence-corrected chi connectivity index (χ3v) is 4.33. The standard InChI is InChI=1S/C14H15F6NOS/c1-22-11-7-10(13(15,16)17)12(23-14(18,19)20)6-8(11)5-9-3-2-4-21-9/h6-7,9,21H,2-5H2,1H3. The smallest absolute Gasteiger partial charge is 0.446 e. The van der Waals surface area contributed by atoms with E-state index in [0.717, 1.165) is 25.5 Å². The molecule has 0 bridgehead atoms. The number of benzene rings is 1. The van der Waals surface area contributed by atoms with E-state index in [9.17, 15) is 26.3 Å². The van der Waals surface area contributed by atoms with Crippen LogP contribution in [0.5, 0.6) is 5.75 Å². The quantitative estimate of drug-likeness (QED) is 0.626. The number of hydrogen-bond donors (Lipinski definition) is 1. The van der Waals surface area contributed by atoms with Gasteiger partial charge in [-0.05, 0) is 55.3 Å². The van der Waals surface area contributed by atoms with Gasteiger partial charge >= 0.3 is 11.7 Å². The molecule has 1 atom stereocenters. The highest BCUT2D eigenvalue weighted by molar-refractivity contribution is 8.00. The van der Waals surface area contributed by atoms with Crippen molar-refractivity contribution >= 4 is 11.8 Å². The van der Waals surface area contributed by atoms with Crippen molar-refractivity contribution in [1.29, 1.82) is 0 Å². The predicted octanol–water partition coefficient (Wildman–Crippen LogP) is 4.62. The summed E-state index contributed by atoms with van der Waals surface area (Å²) in [7, 11) is 1.21. The van der Waals surface area contributed by atoms with Crippen LogP contribution in [0, 0.1) is 0 Å². The van der Waals surface area contributed by atoms with E-state index in [1.54, 1.807) is 0 Å². The number of ether oxygens (including phenoxy) is 1. The highest BCUT2D eigenvalue weighted by Gasteiger charge is 2.39. The summed E-state index contributed by atoms with van der Waals surface area (Å²) < 4.78 is 81.8. The summed E-state index contributed by atoms with van der Waals surface area (Å²) in [5.74, 6) is -0.0439. The van der Waals surface area contributed by atoms with Crippen molar-refractivity contribution in [1.82, 2.24) is 5.32 Å². The van der Waals surface area contributed by atoms with E-state index in [1.165, 1.54) is 7.11 Å². The second kappa shape index (κ2) is 6.80. The first-order valence-corrected chi connectivity index (χ1v) is 7.69. The number of thioether (sulfide) groups is 1. The maximum absolute atomic E-state index is 13.0. The Morgan fingerprint density at radius 1 is 1.22 bits per heavy atom. The Labute approximate surface area is 133 Å². The van der Waals surface area contributed by atoms with Crippen molar-refractivity contribution in [2.75, 3.05) is 13.7 Å². The van der Waals surface area contributed by atoms with Crippen LogP contribution in [-0.4, -0.2) is 25.2 Å². The largest absolute Gasteiger partial charge is 0.496 e. The Balaban J connectivity index is 2.43. The van der Waals surface area contributed by atoms with Crippen LogP contribution in [0.15, 0.2) is 17.0 Å². The molecule has 2 rings (SSSR count). The predicted molar refractivity (Wildman–Crippen MR) is 74.6 cm³/mol. The SMILES string of the molecule is COc1cc(C(F)(F)F)c(SC(F)(F)F)cc1CC1CCCN1. The van der Waals surface area contributed by atoms with Gasteiger partial charge in [0.25, 0.3) is 0 Å². The van der Waals surface area contributed by atoms with Gasteiger partial charge < -0.3 is 10.1 Å². The minimum absolute atomic E-state index is 0.0318. The zero-order valence-electron chi connectivity index (χ0n) is 12.1. The Morgan fingerprint density at radius 2 is 1.91 bits per heavy atom. The average molecular weight is 359 g/mol. The summed E-state index contributed by atoms with van der Waals surface area (Å²) in [6.45, 7) is 0.789. The molecule has 0 radical (unpaired) electrons. The first kappa shape index (κ1) is 18.3. The number of rotatable bonds is 4. The van der Waals surface area contributed by atoms with Gasteiger partial charge in [0, 0.05) is 10.9 Å². The number of hydrogen-bond acceptors (Lipinski definition) is 3. The molecule has 1 aliphatic rings. The van der Waals surface area contributed by atoms with Gasteiger partial charge in [-0.3, -0.25) is 0 Å². The van der Waals surface area contributed by atoms with E-state index < -0.39 is 33.9 Å². The lowest BCUT2D eigenvalue weighted by Gasteiger charge is -2.19. The van der Waals surface area contributed by atoms with Crippen LogP contribution in [0.4, 0.5) is 26.3 Å². The molecule has 23 heavy (non-hydrogen) atoms. The molecule has 1 aliphatic heterocycles. The topological polar surface area (TPSA) is 21.3 Å². The third kappa shape index (κ3) is 4.94. The van der Waals surface area contributed by atoms with Crippen LogP contribution >= 0.6 is 11.8 Å². The Bertz CT molecular complexity index is 551. The highest BCUT2D eigenvalue weighted by Crippen LogP contribution is 2.46. The molecule has 1 unspecified atom stereocenters. The number of alkyl halides is 6. The van der Waals surface area contributed by atoms with Crippen LogP contribution in [0.25, 0.3) is 0 Å². The molecule has 0 saturated carbocycles. The lowest BCUT2D eigenvalue weighted by Crippen LogP contribution is -2.24. The van der Waals surface area contributed by atoms with Gasteiger partial charge in [-0.2, -0.15) is 26.3 Å². The first-order valence-electron chi connectivity index (χ1n) is 6.87. The van der Waals surface area contributed by atoms with Gasteiger partial charge in [-0.25, -0.2) is 0 Å². The second-order valence-corrected chi connectivity index (χ2v) is 6.31. The minimum Gasteiger partial charge on any atom is -0.496 e. The van der Waals surface area contributed by atoms with E-state index in [4.69, 9.17) is 4.74 Å². The highest BCUT2D eigenvalue weighted by atomic mass is 32.2. The molecule has 1 heterocycles. The van der Waals surface area contributed by atoms with Gasteiger partial charge in [0.15, 0.2) is 0 Å². The summed E-state index contributed by atoms with van der Waals surface area (Å²) >= 11 is -0.750. The zero-order chi connectivity index (χ0) is 17.3. The molecule has 9 heteroatoms. The fourth-order valence-corrected chi connectivity index (χ4v) is 3.31. The molecule has 1 fully saturated rings. The molecule has 1 aromatic rings. The average Bonchev–Trinajstić information content (AvgIpc) is 2.88. The van der Waals surface area contributed by atoms with Crippen LogP contribution in [0.1, 0.15) is 24.0 Å². The molecular formula is C14H15F6NOS. The van der Waals surface area contributed by atoms with Crippen molar-refractivity contribution in [3.05, 3.63) is 23.3 Å². The first-order chi connectivity index (χ1) is 10.6. The van der Waals surface area contributed by atoms with E-state index in [0.29, 0.717) is 18.1 Å². The summed E-state index contributed by atoms with van der Waals surface area (Å²) in [5, 5.41) is 3.16. The van der Waals surface area contributed by atoms with Gasteiger partial charge in [0.05, 0.1) is 12.7 Å². The normalized spacial score (nSPS) is 19.2. The van der Waals surface area contributed by atoms with Crippen molar-refractivity contribution in [2.24, 2.45) is 0 Å². The maximum atomic E-state index is 13.0. The molecule has 1 N–H and O–H groups in total. The van der Waals surface area contributed by atoms with Gasteiger partial charge in [-0.15, -0.1) is 0 Å². The second-order valence-electron chi connectivity index (χ2n) is 5.20. The van der Waals surface area contributed by atoms with Crippen LogP contribution in [-0.2, 0) is 12.6 Å². The molecule has 0 spiro atoms. The third-order valence-electron chi connectivity index (χ3n) is 3.54. The van der Waals surface area contributed by atoms with E-state index in [1.807, 2.05) is 0 Å². The molecule has 1 aromatic carbocycles. The Morgan fingerprint density at radius 3 is 2.39 bits per heavy atom. The lowest BCUT2D eigenvalue weighted by molar-refractivity contribution is -0.139. The molecule has 0 aromatic heterocycles. The number of halogens is 6. The van der Waals surface area contributed by atoms with Gasteiger partial charge in [0.1, 0.15) is 5.75 Å². The fourth-order valence-electron chi connectivity index (χ4n) is 2.58. The molecule has 2 nitrogen and oxygen atoms in total. The van der Waals surface area contributed by atoms with Crippen LogP contribution in [0.2, 0.25) is 0 Å². The summed E-state index contributed by atoms with van der Waals surface area (Å²) in [4.78, 5) is -0.848. The van der Waals surface area contributed by atoms with E-state index >= 15 is 0 Å². The van der Waals surface area contributed by atoms with Crippen molar-refractivity contribution in [3.8, 4) is 5.75 Å². The summed E-state index contributed by atoms with van der Waals surface area (Å²) in [6, 6.07) is 1.63. The Hall–Kier alpha value is -1.09. The monoisotopic (exact) mass is 359 g/mol. The van der Waals surface area contributed by atoms with Gasteiger partial charge in [0.2, 0.25) is 0 Å². The van der Waals surface area contributed by atoms with E-state index in [2.05, 4.69) is 5.32 Å². The van der Waals surface area contributed by atoms with Gasteiger partial charge in [-0.1, -0.05) is 0 Å². The molecule has 1 saturated heterocycles. The zero-order valence-corrected chi connectivity index (χ0v) is 13.0. The van der Waals surface area contributed by atoms with Crippen molar-refractivity contribution < 1.29 is 31.1 Å². The summed E-state index contributed by atoms with van der Waals surface area (Å²) in [6.07, 6.45) is -2.80. The molecule has 0 aliphatic carbocycles. The van der Waals surface area contributed by atoms with Crippen molar-refractivity contribution in [3.63, 3.8) is 0 Å². The maximum Gasteiger partial charge on any atom is 0.446 e. The lowest BCUT2D eigenvalue weighted by atomic mass is 10.0. The van der Waals surface area contributed by atoms with E-state index in [-0.39, 0.29) is 11.8 Å². The number of nitrogens with one attached hydrogen (secondary N) is 1.